The number of carbonyl (C=O) groups excluding carboxylic acids is 3. The minimum Gasteiger partial charge on any atom is -0.462 e. The molecule has 4 saturated carbocycles. The summed E-state index contributed by atoms with van der Waals surface area (Å²) in [4.78, 5) is 38.2. The van der Waals surface area contributed by atoms with Crippen molar-refractivity contribution in [3.63, 3.8) is 0 Å². The van der Waals surface area contributed by atoms with Crippen molar-refractivity contribution >= 4 is 29.6 Å². The van der Waals surface area contributed by atoms with Gasteiger partial charge in [0.05, 0.1) is 6.42 Å². The van der Waals surface area contributed by atoms with Gasteiger partial charge >= 0.3 is 5.97 Å². The highest BCUT2D eigenvalue weighted by Crippen LogP contribution is 2.72. The van der Waals surface area contributed by atoms with Gasteiger partial charge in [0.1, 0.15) is 12.4 Å². The Morgan fingerprint density at radius 1 is 1.06 bits per heavy atom. The molecule has 0 aliphatic heterocycles. The number of ketones is 1. The third-order valence-corrected chi connectivity index (χ3v) is 14.7. The first-order chi connectivity index (χ1) is 23.6. The Balaban J connectivity index is 0.00000239. The molecule has 0 heterocycles. The summed E-state index contributed by atoms with van der Waals surface area (Å²) >= 11 is 6.24. The summed E-state index contributed by atoms with van der Waals surface area (Å²) in [5.74, 6) is 3.06. The van der Waals surface area contributed by atoms with Gasteiger partial charge in [-0.05, 0) is 134 Å². The molecule has 0 aromatic heterocycles. The largest absolute Gasteiger partial charge is 0.462 e. The average molecular weight is 710 g/mol. The molecule has 1 aromatic rings. The van der Waals surface area contributed by atoms with Gasteiger partial charge < -0.3 is 20.0 Å². The Kier molecular flexibility index (Phi) is 11.9. The molecular weight excluding hydrogens is 646 g/mol. The number of fused-ring (bicyclic) bond motifs is 7. The molecule has 9 unspecified atom stereocenters. The molecule has 9 atom stereocenters. The van der Waals surface area contributed by atoms with Crippen LogP contribution in [0, 0.1) is 57.2 Å². The van der Waals surface area contributed by atoms with Crippen LogP contribution >= 0.6 is 11.6 Å². The number of esters is 1. The highest BCUT2D eigenvalue weighted by atomic mass is 35.5. The lowest BCUT2D eigenvalue weighted by Gasteiger charge is -2.67. The van der Waals surface area contributed by atoms with Crippen LogP contribution in [-0.2, 0) is 25.7 Å². The van der Waals surface area contributed by atoms with Gasteiger partial charge in [0.25, 0.3) is 0 Å². The number of ether oxygens (including phenoxy) is 1. The second-order valence-corrected chi connectivity index (χ2v) is 18.6. The van der Waals surface area contributed by atoms with E-state index in [0.29, 0.717) is 41.8 Å². The summed E-state index contributed by atoms with van der Waals surface area (Å²) in [6, 6.07) is 8.08. The van der Waals surface area contributed by atoms with Gasteiger partial charge in [0.15, 0.2) is 5.78 Å². The number of nitrogens with one attached hydrogen (secondary N) is 1. The Hall–Kier alpha value is -2.02. The lowest BCUT2D eigenvalue weighted by Crippen LogP contribution is -2.60. The van der Waals surface area contributed by atoms with Crippen molar-refractivity contribution in [3.8, 4) is 0 Å². The van der Waals surface area contributed by atoms with Gasteiger partial charge in [-0.15, -0.1) is 0 Å². The Morgan fingerprint density at radius 3 is 2.42 bits per heavy atom. The highest BCUT2D eigenvalue weighted by molar-refractivity contribution is 6.30. The van der Waals surface area contributed by atoms with Crippen molar-refractivity contribution in [3.05, 3.63) is 46.0 Å². The zero-order valence-electron chi connectivity index (χ0n) is 32.1. The molecule has 0 spiro atoms. The van der Waals surface area contributed by atoms with Crippen LogP contribution in [0.25, 0.3) is 0 Å². The first kappa shape index (κ1) is 39.2. The van der Waals surface area contributed by atoms with Crippen LogP contribution < -0.4 is 5.32 Å². The number of aldehydes is 1. The minimum absolute atomic E-state index is 0.00164. The zero-order valence-corrected chi connectivity index (χ0v) is 32.8. The molecule has 7 heteroatoms. The van der Waals surface area contributed by atoms with E-state index in [9.17, 15) is 14.4 Å². The summed E-state index contributed by atoms with van der Waals surface area (Å²) in [7, 11) is 1.00. The van der Waals surface area contributed by atoms with Crippen molar-refractivity contribution in [2.75, 3.05) is 13.7 Å². The minimum atomic E-state index is -0.686. The normalized spacial score (nSPS) is 36.4. The van der Waals surface area contributed by atoms with Crippen LogP contribution in [0.1, 0.15) is 125 Å². The van der Waals surface area contributed by atoms with Crippen LogP contribution in [0.15, 0.2) is 35.4 Å². The van der Waals surface area contributed by atoms with Crippen molar-refractivity contribution in [1.82, 2.24) is 5.32 Å². The monoisotopic (exact) mass is 709 g/mol. The van der Waals surface area contributed by atoms with E-state index in [1.807, 2.05) is 18.2 Å². The summed E-state index contributed by atoms with van der Waals surface area (Å²) in [5.41, 5.74) is 3.73. The van der Waals surface area contributed by atoms with E-state index in [4.69, 9.17) is 21.4 Å². The maximum absolute atomic E-state index is 13.8. The lowest BCUT2D eigenvalue weighted by molar-refractivity contribution is -0.191. The number of allylic oxidation sites excluding steroid dienone is 2. The summed E-state index contributed by atoms with van der Waals surface area (Å²) in [6.45, 7) is 17.3. The molecule has 5 aliphatic rings. The quantitative estimate of drug-likeness (QED) is 0.143. The van der Waals surface area contributed by atoms with E-state index in [2.05, 4.69) is 46.0 Å². The molecule has 2 N–H and O–H groups in total. The number of halogens is 1. The van der Waals surface area contributed by atoms with Gasteiger partial charge in [-0.25, -0.2) is 0 Å². The third-order valence-electron chi connectivity index (χ3n) is 14.5. The van der Waals surface area contributed by atoms with E-state index in [1.54, 1.807) is 19.4 Å². The predicted octanol–water partition coefficient (Wildman–Crippen LogP) is 9.16. The fourth-order valence-corrected chi connectivity index (χ4v) is 12.5. The molecule has 0 bridgehead atoms. The van der Waals surface area contributed by atoms with Crippen LogP contribution in [0.2, 0.25) is 5.02 Å². The molecule has 5 aliphatic carbocycles. The number of aliphatic hydroxyl groups excluding tert-OH is 1. The number of hydrogen-bond donors (Lipinski definition) is 2. The van der Waals surface area contributed by atoms with Crippen molar-refractivity contribution in [2.45, 2.75) is 132 Å². The van der Waals surface area contributed by atoms with Gasteiger partial charge in [-0.3, -0.25) is 9.59 Å². The predicted molar refractivity (Wildman–Crippen MR) is 200 cm³/mol. The third kappa shape index (κ3) is 7.16. The summed E-state index contributed by atoms with van der Waals surface area (Å²) < 4.78 is 6.11. The molecule has 278 valence electrons. The highest BCUT2D eigenvalue weighted by Gasteiger charge is 2.64. The van der Waals surface area contributed by atoms with Crippen LogP contribution in [0.4, 0.5) is 0 Å². The van der Waals surface area contributed by atoms with Crippen LogP contribution in [0.3, 0.4) is 0 Å². The van der Waals surface area contributed by atoms with Gasteiger partial charge in [-0.2, -0.15) is 0 Å². The average Bonchev–Trinajstić information content (AvgIpc) is 3.37. The molecule has 6 nitrogen and oxygen atoms in total. The zero-order chi connectivity index (χ0) is 36.6. The SMILES string of the molecule is CC(C)C1=C2C3CCC4C(C)(CCC5C(C)C(OC(=O)CC(C)(C)C=O)CCC54C)C3CCC2(CCNCc2cccc(Cl)c2)CC1=O.CO. The van der Waals surface area contributed by atoms with E-state index in [-0.39, 0.29) is 40.7 Å². The number of Topliss-reactive ketones (excluding diaryl/α,β-unsaturated/α-hetero) is 1. The molecule has 0 saturated heterocycles. The second kappa shape index (κ2) is 15.1. The Labute approximate surface area is 306 Å². The van der Waals surface area contributed by atoms with Crippen molar-refractivity contribution in [1.29, 1.82) is 0 Å². The summed E-state index contributed by atoms with van der Waals surface area (Å²) in [6.07, 6.45) is 11.8. The second-order valence-electron chi connectivity index (χ2n) is 18.2. The first-order valence-electron chi connectivity index (χ1n) is 19.5. The fourth-order valence-electron chi connectivity index (χ4n) is 12.3. The number of rotatable bonds is 10. The van der Waals surface area contributed by atoms with E-state index in [1.165, 1.54) is 43.2 Å². The number of benzene rings is 1. The van der Waals surface area contributed by atoms with E-state index >= 15 is 0 Å². The molecule has 4 fully saturated rings. The van der Waals surface area contributed by atoms with Crippen LogP contribution in [0.5, 0.6) is 0 Å². The molecular formula is C43H64ClNO5. The summed E-state index contributed by atoms with van der Waals surface area (Å²) in [5, 5.41) is 11.5. The maximum atomic E-state index is 13.8. The first-order valence-corrected chi connectivity index (χ1v) is 19.9. The van der Waals surface area contributed by atoms with Gasteiger partial charge in [-0.1, -0.05) is 77.8 Å². The molecule has 6 rings (SSSR count). The molecule has 0 amide bonds. The Bertz CT molecular complexity index is 1450. The van der Waals surface area contributed by atoms with Gasteiger partial charge in [0.2, 0.25) is 0 Å². The number of hydrogen-bond acceptors (Lipinski definition) is 6. The number of carbonyl (C=O) groups is 3. The molecule has 0 radical (unpaired) electrons. The molecule has 50 heavy (non-hydrogen) atoms. The Morgan fingerprint density at radius 2 is 1.74 bits per heavy atom. The lowest BCUT2D eigenvalue weighted by atomic mass is 9.38. The topological polar surface area (TPSA) is 92.7 Å². The fraction of sp³-hybridized carbons (Fsp3) is 0.744. The van der Waals surface area contributed by atoms with E-state index in [0.717, 1.165) is 57.2 Å². The smallest absolute Gasteiger partial charge is 0.307 e. The number of aliphatic hydroxyl groups is 1. The van der Waals surface area contributed by atoms with Gasteiger partial charge in [0, 0.05) is 35.9 Å². The molecule has 1 aromatic carbocycles. The standard InChI is InChI=1S/C42H60ClNO4.CH4O/c1-26(2)37-33(46)22-42(19-20-44-24-28-9-8-10-29(43)21-28)18-14-32-30(38(37)42)11-12-35-40(6)17-15-34(48-36(47)23-39(4,5)25-45)27(3)31(40)13-16-41(32,35)7;1-2/h8-10,21,25-27,30-32,34-35,44H,11-20,22-24H2,1-7H3;2H,1H3. The maximum Gasteiger partial charge on any atom is 0.307 e. The van der Waals surface area contributed by atoms with Crippen molar-refractivity contribution < 1.29 is 24.2 Å². The van der Waals surface area contributed by atoms with E-state index < -0.39 is 5.41 Å². The van der Waals surface area contributed by atoms with Crippen LogP contribution in [-0.4, -0.2) is 42.9 Å². The van der Waals surface area contributed by atoms with Crippen molar-refractivity contribution in [2.24, 2.45) is 57.2 Å².